The first-order chi connectivity index (χ1) is 21.5. The summed E-state index contributed by atoms with van der Waals surface area (Å²) in [6, 6.07) is 15.0. The number of anilines is 2. The van der Waals surface area contributed by atoms with Crippen LogP contribution in [0, 0.1) is 6.57 Å². The number of rotatable bonds is 7. The first-order valence-corrected chi connectivity index (χ1v) is 15.6. The van der Waals surface area contributed by atoms with E-state index in [9.17, 15) is 4.79 Å². The van der Waals surface area contributed by atoms with Crippen molar-refractivity contribution in [1.29, 1.82) is 0 Å². The quantitative estimate of drug-likeness (QED) is 0.304. The van der Waals surface area contributed by atoms with E-state index in [4.69, 9.17) is 26.0 Å². The van der Waals surface area contributed by atoms with E-state index in [1.54, 1.807) is 4.90 Å². The SMILES string of the molecule is [C-]#[N+]C[C@H]1CN(c2nc(OC[C@@H]3CN(C)C4(CC4)CO3)nc3c2CCN(c2cccc4ccccc24)C3)CCN1C(=O)C=C. The molecule has 1 aliphatic carbocycles. The van der Waals surface area contributed by atoms with Crippen molar-refractivity contribution in [3.8, 4) is 6.01 Å². The molecular weight excluding hydrogens is 554 g/mol. The van der Waals surface area contributed by atoms with Gasteiger partial charge in [-0.25, -0.2) is 6.57 Å². The average Bonchev–Trinajstić information content (AvgIpc) is 3.85. The highest BCUT2D eigenvalue weighted by Crippen LogP contribution is 2.43. The Hall–Kier alpha value is -4.20. The minimum atomic E-state index is -0.238. The highest BCUT2D eigenvalue weighted by Gasteiger charge is 2.50. The first kappa shape index (κ1) is 28.6. The van der Waals surface area contributed by atoms with Crippen LogP contribution in [-0.4, -0.2) is 103 Å². The fraction of sp³-hybridized carbons (Fsp3) is 0.471. The van der Waals surface area contributed by atoms with Gasteiger partial charge in [-0.15, -0.1) is 0 Å². The molecule has 4 heterocycles. The Kier molecular flexibility index (Phi) is 7.60. The molecule has 0 N–H and O–H groups in total. The number of carbonyl (C=O) groups excluding carboxylic acids is 1. The molecule has 10 nitrogen and oxygen atoms in total. The molecule has 1 spiro atoms. The molecule has 7 rings (SSSR count). The smallest absolute Gasteiger partial charge is 0.318 e. The lowest BCUT2D eigenvalue weighted by atomic mass is 10.0. The summed E-state index contributed by atoms with van der Waals surface area (Å²) in [6.45, 7) is 16.5. The number of hydrogen-bond donors (Lipinski definition) is 0. The second-order valence-corrected chi connectivity index (χ2v) is 12.5. The number of morpholine rings is 1. The van der Waals surface area contributed by atoms with Gasteiger partial charge in [-0.3, -0.25) is 9.69 Å². The predicted molar refractivity (Wildman–Crippen MR) is 170 cm³/mol. The van der Waals surface area contributed by atoms with Gasteiger partial charge in [0.2, 0.25) is 12.5 Å². The van der Waals surface area contributed by atoms with E-state index in [0.717, 1.165) is 43.2 Å². The van der Waals surface area contributed by atoms with Gasteiger partial charge < -0.3 is 29.0 Å². The molecule has 3 aliphatic heterocycles. The van der Waals surface area contributed by atoms with E-state index >= 15 is 0 Å². The average molecular weight is 594 g/mol. The van der Waals surface area contributed by atoms with Gasteiger partial charge in [-0.2, -0.15) is 9.97 Å². The van der Waals surface area contributed by atoms with Crippen molar-refractivity contribution in [2.45, 2.75) is 43.5 Å². The Labute approximate surface area is 258 Å². The maximum Gasteiger partial charge on any atom is 0.318 e. The Morgan fingerprint density at radius 1 is 1.14 bits per heavy atom. The Bertz CT molecular complexity index is 1610. The minimum absolute atomic E-state index is 0.0435. The van der Waals surface area contributed by atoms with E-state index < -0.39 is 0 Å². The van der Waals surface area contributed by atoms with E-state index in [2.05, 4.69) is 75.6 Å². The number of carbonyl (C=O) groups is 1. The number of piperazine rings is 1. The maximum atomic E-state index is 12.6. The van der Waals surface area contributed by atoms with Crippen molar-refractivity contribution in [2.75, 3.05) is 69.3 Å². The van der Waals surface area contributed by atoms with E-state index in [1.165, 1.54) is 35.4 Å². The van der Waals surface area contributed by atoms with Crippen LogP contribution in [-0.2, 0) is 22.5 Å². The summed E-state index contributed by atoms with van der Waals surface area (Å²) in [5.41, 5.74) is 3.49. The second kappa shape index (κ2) is 11.7. The van der Waals surface area contributed by atoms with Gasteiger partial charge in [0.05, 0.1) is 18.8 Å². The van der Waals surface area contributed by atoms with Crippen LogP contribution in [0.2, 0.25) is 0 Å². The fourth-order valence-electron chi connectivity index (χ4n) is 6.99. The van der Waals surface area contributed by atoms with Crippen molar-refractivity contribution < 1.29 is 14.3 Å². The summed E-state index contributed by atoms with van der Waals surface area (Å²) in [5.74, 6) is 0.713. The summed E-state index contributed by atoms with van der Waals surface area (Å²) in [6.07, 6.45) is 4.47. The van der Waals surface area contributed by atoms with Crippen LogP contribution in [0.5, 0.6) is 6.01 Å². The van der Waals surface area contributed by atoms with E-state index in [1.807, 2.05) is 0 Å². The normalized spacial score (nSPS) is 22.9. The summed E-state index contributed by atoms with van der Waals surface area (Å²) >= 11 is 0. The topological polar surface area (TPSA) is 78.6 Å². The number of ether oxygens (including phenoxy) is 2. The van der Waals surface area contributed by atoms with Crippen LogP contribution < -0.4 is 14.5 Å². The third-order valence-electron chi connectivity index (χ3n) is 9.77. The van der Waals surface area contributed by atoms with Crippen LogP contribution in [0.4, 0.5) is 11.5 Å². The second-order valence-electron chi connectivity index (χ2n) is 12.5. The molecule has 3 aromatic rings. The molecule has 1 saturated carbocycles. The van der Waals surface area contributed by atoms with Crippen LogP contribution in [0.1, 0.15) is 24.1 Å². The molecule has 3 fully saturated rings. The van der Waals surface area contributed by atoms with Gasteiger partial charge in [0.25, 0.3) is 0 Å². The van der Waals surface area contributed by atoms with Gasteiger partial charge >= 0.3 is 6.01 Å². The lowest BCUT2D eigenvalue weighted by molar-refractivity contribution is -0.128. The summed E-state index contributed by atoms with van der Waals surface area (Å²) in [4.78, 5) is 35.0. The van der Waals surface area contributed by atoms with Crippen molar-refractivity contribution in [3.05, 3.63) is 77.8 Å². The number of amides is 1. The number of likely N-dealkylation sites (N-methyl/N-ethyl adjacent to an activating group) is 1. The largest absolute Gasteiger partial charge is 0.461 e. The number of nitrogens with zero attached hydrogens (tertiary/aromatic N) is 7. The van der Waals surface area contributed by atoms with Crippen LogP contribution in [0.25, 0.3) is 15.6 Å². The number of aromatic nitrogens is 2. The molecule has 10 heteroatoms. The van der Waals surface area contributed by atoms with Crippen LogP contribution >= 0.6 is 0 Å². The molecule has 2 atom stereocenters. The minimum Gasteiger partial charge on any atom is -0.461 e. The Morgan fingerprint density at radius 2 is 1.98 bits per heavy atom. The standard InChI is InChI=1S/C34H39N7O3/c1-4-31(42)41-17-16-40(19-25(41)18-35-2)32-28-12-15-39(30-11-7-9-24-8-5-6-10-27(24)30)21-29(28)36-33(37-32)43-22-26-20-38(3)34(13-14-34)23-44-26/h4-11,25-26H,1,12-23H2,3H3/t25-,26-/m0/s1. The monoisotopic (exact) mass is 593 g/mol. The molecule has 0 bridgehead atoms. The first-order valence-electron chi connectivity index (χ1n) is 15.6. The van der Waals surface area contributed by atoms with Gasteiger partial charge in [0, 0.05) is 54.9 Å². The Balaban J connectivity index is 1.18. The number of hydrogen-bond acceptors (Lipinski definition) is 8. The molecular formula is C34H39N7O3. The summed E-state index contributed by atoms with van der Waals surface area (Å²) < 4.78 is 12.5. The predicted octanol–water partition coefficient (Wildman–Crippen LogP) is 3.56. The molecule has 0 radical (unpaired) electrons. The summed E-state index contributed by atoms with van der Waals surface area (Å²) in [7, 11) is 2.17. The molecule has 228 valence electrons. The van der Waals surface area contributed by atoms with Crippen molar-refractivity contribution in [1.82, 2.24) is 19.8 Å². The maximum absolute atomic E-state index is 12.6. The molecule has 4 aliphatic rings. The van der Waals surface area contributed by atoms with Gasteiger partial charge in [-0.05, 0) is 43.8 Å². The van der Waals surface area contributed by atoms with Crippen molar-refractivity contribution in [2.24, 2.45) is 0 Å². The number of fused-ring (bicyclic) bond motifs is 2. The molecule has 44 heavy (non-hydrogen) atoms. The lowest BCUT2D eigenvalue weighted by Gasteiger charge is -2.41. The zero-order chi connectivity index (χ0) is 30.3. The van der Waals surface area contributed by atoms with Gasteiger partial charge in [0.15, 0.2) is 0 Å². The molecule has 0 unspecified atom stereocenters. The van der Waals surface area contributed by atoms with E-state index in [0.29, 0.717) is 38.8 Å². The summed E-state index contributed by atoms with van der Waals surface area (Å²) in [5, 5.41) is 2.44. The van der Waals surface area contributed by atoms with Gasteiger partial charge in [-0.1, -0.05) is 43.0 Å². The van der Waals surface area contributed by atoms with Crippen molar-refractivity contribution in [3.63, 3.8) is 0 Å². The molecule has 1 amide bonds. The molecule has 2 aromatic carbocycles. The zero-order valence-corrected chi connectivity index (χ0v) is 25.3. The third kappa shape index (κ3) is 5.35. The molecule has 2 saturated heterocycles. The zero-order valence-electron chi connectivity index (χ0n) is 25.3. The Morgan fingerprint density at radius 3 is 2.77 bits per heavy atom. The highest BCUT2D eigenvalue weighted by molar-refractivity contribution is 5.94. The lowest BCUT2D eigenvalue weighted by Crippen LogP contribution is -2.56. The van der Waals surface area contributed by atoms with E-state index in [-0.39, 0.29) is 30.1 Å². The number of benzene rings is 2. The highest BCUT2D eigenvalue weighted by atomic mass is 16.5. The fourth-order valence-corrected chi connectivity index (χ4v) is 6.99. The third-order valence-corrected chi connectivity index (χ3v) is 9.77. The molecule has 1 aromatic heterocycles. The van der Waals surface area contributed by atoms with Crippen molar-refractivity contribution >= 4 is 28.2 Å². The van der Waals surface area contributed by atoms with Crippen LogP contribution in [0.3, 0.4) is 0 Å². The van der Waals surface area contributed by atoms with Crippen LogP contribution in [0.15, 0.2) is 55.1 Å². The van der Waals surface area contributed by atoms with Gasteiger partial charge in [0.1, 0.15) is 24.6 Å².